The Balaban J connectivity index is 1.74. The van der Waals surface area contributed by atoms with Gasteiger partial charge < -0.3 is 19.0 Å². The van der Waals surface area contributed by atoms with E-state index in [-0.39, 0.29) is 16.7 Å². The molecule has 1 aromatic heterocycles. The quantitative estimate of drug-likeness (QED) is 0.899. The highest BCUT2D eigenvalue weighted by molar-refractivity contribution is 6.29. The molecule has 3 heterocycles. The van der Waals surface area contributed by atoms with Gasteiger partial charge in [-0.1, -0.05) is 0 Å². The molecule has 18 heavy (non-hydrogen) atoms. The molecule has 1 N–H and O–H groups in total. The number of halogens is 1. The minimum absolute atomic E-state index is 0.149. The first kappa shape index (κ1) is 12.5. The van der Waals surface area contributed by atoms with Crippen molar-refractivity contribution in [3.8, 4) is 0 Å². The number of ether oxygens (including phenoxy) is 2. The molecule has 0 amide bonds. The molecule has 3 atom stereocenters. The lowest BCUT2D eigenvalue weighted by molar-refractivity contribution is -0.117. The summed E-state index contributed by atoms with van der Waals surface area (Å²) in [5.41, 5.74) is 0.484. The van der Waals surface area contributed by atoms with Gasteiger partial charge in [0.1, 0.15) is 0 Å². The molecule has 0 saturated carbocycles. The Morgan fingerprint density at radius 1 is 1.44 bits per heavy atom. The fourth-order valence-electron chi connectivity index (χ4n) is 2.97. The lowest BCUT2D eigenvalue weighted by atomic mass is 9.81. The molecule has 0 radical (unpaired) electrons. The first-order valence-corrected chi connectivity index (χ1v) is 6.71. The van der Waals surface area contributed by atoms with Gasteiger partial charge >= 0.3 is 0 Å². The molecule has 0 aliphatic carbocycles. The molecule has 1 spiro atoms. The Labute approximate surface area is 111 Å². The summed E-state index contributed by atoms with van der Waals surface area (Å²) in [6, 6.07) is 1.74. The Kier molecular flexibility index (Phi) is 3.36. The Hall–Kier alpha value is -0.550. The van der Waals surface area contributed by atoms with Crippen molar-refractivity contribution in [3.05, 3.63) is 23.1 Å². The standard InChI is InChI=1S/C13H17ClO4/c14-12-10(2-4-17-12)11(15)9-1-5-18-13(7-9)3-6-16-8-13/h2,4,9,11,15H,1,3,5-8H2. The van der Waals surface area contributed by atoms with Gasteiger partial charge in [-0.3, -0.25) is 0 Å². The number of aliphatic hydroxyl groups is 1. The number of furan rings is 1. The normalized spacial score (nSPS) is 34.0. The van der Waals surface area contributed by atoms with E-state index < -0.39 is 6.10 Å². The molecule has 2 saturated heterocycles. The van der Waals surface area contributed by atoms with Gasteiger partial charge in [-0.05, 0) is 36.4 Å². The molecule has 2 aliphatic heterocycles. The van der Waals surface area contributed by atoms with E-state index in [9.17, 15) is 5.11 Å². The van der Waals surface area contributed by atoms with Gasteiger partial charge in [-0.2, -0.15) is 0 Å². The molecule has 1 aromatic rings. The van der Waals surface area contributed by atoms with E-state index >= 15 is 0 Å². The van der Waals surface area contributed by atoms with E-state index in [0.29, 0.717) is 18.8 Å². The smallest absolute Gasteiger partial charge is 0.198 e. The number of hydrogen-bond donors (Lipinski definition) is 1. The Morgan fingerprint density at radius 3 is 3.00 bits per heavy atom. The van der Waals surface area contributed by atoms with Crippen LogP contribution in [0.3, 0.4) is 0 Å². The Morgan fingerprint density at radius 2 is 2.33 bits per heavy atom. The van der Waals surface area contributed by atoms with Crippen molar-refractivity contribution in [2.75, 3.05) is 19.8 Å². The van der Waals surface area contributed by atoms with E-state index in [1.54, 1.807) is 6.07 Å². The third-order valence-corrected chi connectivity index (χ3v) is 4.32. The van der Waals surface area contributed by atoms with Crippen LogP contribution in [-0.4, -0.2) is 30.5 Å². The van der Waals surface area contributed by atoms with E-state index in [1.165, 1.54) is 6.26 Å². The molecule has 2 fully saturated rings. The summed E-state index contributed by atoms with van der Waals surface area (Å²) in [6.07, 6.45) is 3.49. The first-order chi connectivity index (χ1) is 8.70. The molecular formula is C13H17ClO4. The van der Waals surface area contributed by atoms with Gasteiger partial charge in [-0.25, -0.2) is 0 Å². The fourth-order valence-corrected chi connectivity index (χ4v) is 3.19. The van der Waals surface area contributed by atoms with Crippen LogP contribution < -0.4 is 0 Å². The van der Waals surface area contributed by atoms with Gasteiger partial charge in [0.15, 0.2) is 5.22 Å². The van der Waals surface area contributed by atoms with E-state index in [2.05, 4.69) is 0 Å². The third kappa shape index (κ3) is 2.18. The molecule has 0 aromatic carbocycles. The van der Waals surface area contributed by atoms with Crippen LogP contribution in [0.2, 0.25) is 5.22 Å². The van der Waals surface area contributed by atoms with Crippen LogP contribution in [0.1, 0.15) is 30.9 Å². The average Bonchev–Trinajstić information content (AvgIpc) is 2.98. The first-order valence-electron chi connectivity index (χ1n) is 6.33. The second-order valence-electron chi connectivity index (χ2n) is 5.18. The van der Waals surface area contributed by atoms with Crippen molar-refractivity contribution in [1.82, 2.24) is 0 Å². The highest BCUT2D eigenvalue weighted by Gasteiger charge is 2.43. The molecule has 4 nitrogen and oxygen atoms in total. The zero-order valence-corrected chi connectivity index (χ0v) is 10.9. The summed E-state index contributed by atoms with van der Waals surface area (Å²) < 4.78 is 16.3. The van der Waals surface area contributed by atoms with E-state index in [4.69, 9.17) is 25.5 Å². The lowest BCUT2D eigenvalue weighted by Gasteiger charge is -2.38. The number of aliphatic hydroxyl groups excluding tert-OH is 1. The summed E-state index contributed by atoms with van der Waals surface area (Å²) in [5, 5.41) is 10.7. The van der Waals surface area contributed by atoms with Crippen LogP contribution in [0, 0.1) is 5.92 Å². The van der Waals surface area contributed by atoms with Crippen LogP contribution in [0.5, 0.6) is 0 Å². The van der Waals surface area contributed by atoms with Crippen molar-refractivity contribution in [2.45, 2.75) is 31.0 Å². The topological polar surface area (TPSA) is 51.8 Å². The van der Waals surface area contributed by atoms with E-state index in [1.807, 2.05) is 0 Å². The van der Waals surface area contributed by atoms with Crippen molar-refractivity contribution in [2.24, 2.45) is 5.92 Å². The molecule has 100 valence electrons. The van der Waals surface area contributed by atoms with Crippen LogP contribution in [0.25, 0.3) is 0 Å². The maximum absolute atomic E-state index is 10.4. The highest BCUT2D eigenvalue weighted by Crippen LogP contribution is 2.42. The number of hydrogen-bond acceptors (Lipinski definition) is 4. The van der Waals surface area contributed by atoms with Crippen LogP contribution in [0.4, 0.5) is 0 Å². The molecule has 2 aliphatic rings. The second-order valence-corrected chi connectivity index (χ2v) is 5.52. The molecule has 5 heteroatoms. The minimum atomic E-state index is -0.586. The summed E-state index contributed by atoms with van der Waals surface area (Å²) in [5.74, 6) is 0.149. The van der Waals surface area contributed by atoms with Gasteiger partial charge in [0.2, 0.25) is 0 Å². The maximum Gasteiger partial charge on any atom is 0.198 e. The van der Waals surface area contributed by atoms with Gasteiger partial charge in [0, 0.05) is 25.2 Å². The van der Waals surface area contributed by atoms with Crippen molar-refractivity contribution < 1.29 is 19.0 Å². The summed E-state index contributed by atoms with van der Waals surface area (Å²) in [6.45, 7) is 2.05. The van der Waals surface area contributed by atoms with Crippen molar-refractivity contribution >= 4 is 11.6 Å². The lowest BCUT2D eigenvalue weighted by Crippen LogP contribution is -2.41. The third-order valence-electron chi connectivity index (χ3n) is 4.01. The largest absolute Gasteiger partial charge is 0.453 e. The van der Waals surface area contributed by atoms with Gasteiger partial charge in [0.25, 0.3) is 0 Å². The summed E-state index contributed by atoms with van der Waals surface area (Å²) in [4.78, 5) is 0. The monoisotopic (exact) mass is 272 g/mol. The SMILES string of the molecule is OC(c1ccoc1Cl)C1CCOC2(CCOC2)C1. The van der Waals surface area contributed by atoms with E-state index in [0.717, 1.165) is 25.9 Å². The number of rotatable bonds is 2. The summed E-state index contributed by atoms with van der Waals surface area (Å²) in [7, 11) is 0. The minimum Gasteiger partial charge on any atom is -0.453 e. The molecule has 3 unspecified atom stereocenters. The predicted octanol–water partition coefficient (Wildman–Crippen LogP) is 2.55. The second kappa shape index (κ2) is 4.85. The van der Waals surface area contributed by atoms with Gasteiger partial charge in [0.05, 0.1) is 24.6 Å². The zero-order chi connectivity index (χ0) is 12.6. The fraction of sp³-hybridized carbons (Fsp3) is 0.692. The van der Waals surface area contributed by atoms with Crippen molar-refractivity contribution in [3.63, 3.8) is 0 Å². The van der Waals surface area contributed by atoms with Gasteiger partial charge in [-0.15, -0.1) is 0 Å². The van der Waals surface area contributed by atoms with Crippen LogP contribution >= 0.6 is 11.6 Å². The van der Waals surface area contributed by atoms with Crippen LogP contribution in [0.15, 0.2) is 16.7 Å². The van der Waals surface area contributed by atoms with Crippen LogP contribution in [-0.2, 0) is 9.47 Å². The predicted molar refractivity (Wildman–Crippen MR) is 65.5 cm³/mol. The molecular weight excluding hydrogens is 256 g/mol. The zero-order valence-electron chi connectivity index (χ0n) is 10.1. The highest BCUT2D eigenvalue weighted by atomic mass is 35.5. The molecule has 0 bridgehead atoms. The molecule has 3 rings (SSSR count). The van der Waals surface area contributed by atoms with Crippen molar-refractivity contribution in [1.29, 1.82) is 0 Å². The maximum atomic E-state index is 10.4. The summed E-state index contributed by atoms with van der Waals surface area (Å²) >= 11 is 5.92. The Bertz CT molecular complexity index is 411. The average molecular weight is 273 g/mol.